The molecule has 0 aromatic rings. The molecule has 0 saturated carbocycles. The average molecular weight is 180 g/mol. The largest absolute Gasteiger partial charge is 0.481 e. The summed E-state index contributed by atoms with van der Waals surface area (Å²) in [6, 6.07) is 0. The molecule has 0 aromatic heterocycles. The molecular weight excluding hydrogens is 166 g/mol. The third-order valence-corrected chi connectivity index (χ3v) is 1.94. The van der Waals surface area contributed by atoms with Gasteiger partial charge in [0, 0.05) is 5.92 Å². The second-order valence-corrected chi connectivity index (χ2v) is 3.13. The van der Waals surface area contributed by atoms with Crippen molar-refractivity contribution >= 4 is 5.97 Å². The van der Waals surface area contributed by atoms with Gasteiger partial charge in [0.2, 0.25) is 0 Å². The number of carboxylic acid groups (broad SMARTS) is 1. The number of aliphatic carboxylic acids is 1. The summed E-state index contributed by atoms with van der Waals surface area (Å²) in [5.74, 6) is -7.02. The van der Waals surface area contributed by atoms with Crippen LogP contribution in [-0.2, 0) is 4.79 Å². The van der Waals surface area contributed by atoms with E-state index in [1.165, 1.54) is 20.8 Å². The Labute approximate surface area is 70.6 Å². The first-order valence-electron chi connectivity index (χ1n) is 3.94. The predicted octanol–water partition coefficient (Wildman–Crippen LogP) is 2.39. The first-order valence-corrected chi connectivity index (χ1v) is 3.94. The van der Waals surface area contributed by atoms with Crippen molar-refractivity contribution in [2.45, 2.75) is 33.1 Å². The molecule has 1 atom stereocenters. The normalized spacial score (nSPS) is 14.8. The predicted molar refractivity (Wildman–Crippen MR) is 41.2 cm³/mol. The number of rotatable bonds is 4. The Balaban J connectivity index is 4.59. The molecule has 0 spiro atoms. The molecule has 4 heteroatoms. The lowest BCUT2D eigenvalue weighted by Gasteiger charge is -2.25. The maximum Gasteiger partial charge on any atom is 0.312 e. The van der Waals surface area contributed by atoms with Gasteiger partial charge in [-0.2, -0.15) is 0 Å². The molecule has 0 rings (SSSR count). The molecular formula is C8H14F2O2. The van der Waals surface area contributed by atoms with E-state index in [4.69, 9.17) is 5.11 Å². The molecule has 0 amide bonds. The number of carbonyl (C=O) groups is 1. The van der Waals surface area contributed by atoms with Crippen molar-refractivity contribution in [2.75, 3.05) is 0 Å². The number of carboxylic acids is 1. The summed E-state index contributed by atoms with van der Waals surface area (Å²) in [5.41, 5.74) is 0. The molecule has 0 radical (unpaired) electrons. The van der Waals surface area contributed by atoms with Gasteiger partial charge in [-0.15, -0.1) is 0 Å². The lowest BCUT2D eigenvalue weighted by molar-refractivity contribution is -0.164. The van der Waals surface area contributed by atoms with Crippen molar-refractivity contribution in [1.82, 2.24) is 0 Å². The van der Waals surface area contributed by atoms with Crippen LogP contribution in [0.15, 0.2) is 0 Å². The van der Waals surface area contributed by atoms with E-state index in [-0.39, 0.29) is 6.42 Å². The summed E-state index contributed by atoms with van der Waals surface area (Å²) in [6.45, 7) is 4.10. The van der Waals surface area contributed by atoms with Crippen LogP contribution in [0.4, 0.5) is 8.78 Å². The van der Waals surface area contributed by atoms with Gasteiger partial charge in [0.25, 0.3) is 5.92 Å². The average Bonchev–Trinajstić information content (AvgIpc) is 1.86. The fourth-order valence-electron chi connectivity index (χ4n) is 1.01. The number of alkyl halides is 2. The van der Waals surface area contributed by atoms with Crippen molar-refractivity contribution in [1.29, 1.82) is 0 Å². The second kappa shape index (κ2) is 3.83. The van der Waals surface area contributed by atoms with Gasteiger partial charge in [0.15, 0.2) is 0 Å². The SMILES string of the molecule is CCC(C(=O)O)C(F)(F)C(C)C. The summed E-state index contributed by atoms with van der Waals surface area (Å²) in [5, 5.41) is 8.48. The third kappa shape index (κ3) is 2.16. The highest BCUT2D eigenvalue weighted by molar-refractivity contribution is 5.71. The van der Waals surface area contributed by atoms with Gasteiger partial charge in [-0.3, -0.25) is 4.79 Å². The maximum atomic E-state index is 13.1. The summed E-state index contributed by atoms with van der Waals surface area (Å²) in [6.07, 6.45) is -0.0412. The zero-order valence-corrected chi connectivity index (χ0v) is 7.47. The molecule has 0 aliphatic carbocycles. The summed E-state index contributed by atoms with van der Waals surface area (Å²) < 4.78 is 26.2. The Kier molecular flexibility index (Phi) is 3.61. The third-order valence-electron chi connectivity index (χ3n) is 1.94. The molecule has 0 aromatic carbocycles. The van der Waals surface area contributed by atoms with Crippen LogP contribution in [0.25, 0.3) is 0 Å². The topological polar surface area (TPSA) is 37.3 Å². The molecule has 1 N–H and O–H groups in total. The van der Waals surface area contributed by atoms with Gasteiger partial charge in [0.05, 0.1) is 0 Å². The molecule has 1 unspecified atom stereocenters. The first kappa shape index (κ1) is 11.3. The van der Waals surface area contributed by atoms with Crippen molar-refractivity contribution in [3.05, 3.63) is 0 Å². The van der Waals surface area contributed by atoms with Gasteiger partial charge < -0.3 is 5.11 Å². The summed E-state index contributed by atoms with van der Waals surface area (Å²) >= 11 is 0. The summed E-state index contributed by atoms with van der Waals surface area (Å²) in [4.78, 5) is 10.4. The van der Waals surface area contributed by atoms with Gasteiger partial charge in [-0.05, 0) is 6.42 Å². The second-order valence-electron chi connectivity index (χ2n) is 3.13. The molecule has 0 heterocycles. The zero-order valence-electron chi connectivity index (χ0n) is 7.47. The molecule has 2 nitrogen and oxygen atoms in total. The molecule has 72 valence electrons. The zero-order chi connectivity index (χ0) is 9.94. The van der Waals surface area contributed by atoms with Crippen LogP contribution >= 0.6 is 0 Å². The van der Waals surface area contributed by atoms with Gasteiger partial charge in [-0.1, -0.05) is 20.8 Å². The Bertz CT molecular complexity index is 166. The van der Waals surface area contributed by atoms with Crippen molar-refractivity contribution in [3.63, 3.8) is 0 Å². The lowest BCUT2D eigenvalue weighted by Crippen LogP contribution is -2.38. The molecule has 12 heavy (non-hydrogen) atoms. The van der Waals surface area contributed by atoms with Gasteiger partial charge in [-0.25, -0.2) is 8.78 Å². The van der Waals surface area contributed by atoms with E-state index in [2.05, 4.69) is 0 Å². The van der Waals surface area contributed by atoms with Crippen LogP contribution in [0.5, 0.6) is 0 Å². The van der Waals surface area contributed by atoms with E-state index in [0.717, 1.165) is 0 Å². The molecule has 0 saturated heterocycles. The minimum absolute atomic E-state index is 0.0412. The van der Waals surface area contributed by atoms with Crippen LogP contribution in [0.3, 0.4) is 0 Å². The Morgan fingerprint density at radius 1 is 1.50 bits per heavy atom. The van der Waals surface area contributed by atoms with E-state index in [0.29, 0.717) is 0 Å². The smallest absolute Gasteiger partial charge is 0.312 e. The highest BCUT2D eigenvalue weighted by atomic mass is 19.3. The maximum absolute atomic E-state index is 13.1. The van der Waals surface area contributed by atoms with Crippen LogP contribution in [0.2, 0.25) is 0 Å². The Morgan fingerprint density at radius 2 is 1.92 bits per heavy atom. The standard InChI is InChI=1S/C8H14F2O2/c1-4-6(7(11)12)8(9,10)5(2)3/h5-6H,4H2,1-3H3,(H,11,12). The van der Waals surface area contributed by atoms with E-state index in [9.17, 15) is 13.6 Å². The van der Waals surface area contributed by atoms with Crippen LogP contribution < -0.4 is 0 Å². The number of hydrogen-bond donors (Lipinski definition) is 1. The van der Waals surface area contributed by atoms with Crippen molar-refractivity contribution < 1.29 is 18.7 Å². The van der Waals surface area contributed by atoms with E-state index >= 15 is 0 Å². The molecule has 0 aliphatic rings. The molecule has 0 fully saturated rings. The Hall–Kier alpha value is -0.670. The van der Waals surface area contributed by atoms with E-state index in [1.807, 2.05) is 0 Å². The summed E-state index contributed by atoms with van der Waals surface area (Å²) in [7, 11) is 0. The van der Waals surface area contributed by atoms with Gasteiger partial charge in [0.1, 0.15) is 5.92 Å². The molecule has 0 bridgehead atoms. The van der Waals surface area contributed by atoms with Crippen molar-refractivity contribution in [2.24, 2.45) is 11.8 Å². The number of hydrogen-bond acceptors (Lipinski definition) is 1. The minimum Gasteiger partial charge on any atom is -0.481 e. The number of halogens is 2. The lowest BCUT2D eigenvalue weighted by atomic mass is 9.90. The monoisotopic (exact) mass is 180 g/mol. The fourth-order valence-corrected chi connectivity index (χ4v) is 1.01. The van der Waals surface area contributed by atoms with Gasteiger partial charge >= 0.3 is 5.97 Å². The molecule has 0 aliphatic heterocycles. The minimum atomic E-state index is -3.11. The quantitative estimate of drug-likeness (QED) is 0.721. The van der Waals surface area contributed by atoms with Crippen LogP contribution in [0.1, 0.15) is 27.2 Å². The van der Waals surface area contributed by atoms with E-state index in [1.54, 1.807) is 0 Å². The highest BCUT2D eigenvalue weighted by Crippen LogP contribution is 2.34. The van der Waals surface area contributed by atoms with Crippen molar-refractivity contribution in [3.8, 4) is 0 Å². The van der Waals surface area contributed by atoms with Crippen LogP contribution in [0, 0.1) is 11.8 Å². The Morgan fingerprint density at radius 3 is 2.00 bits per heavy atom. The van der Waals surface area contributed by atoms with Crippen LogP contribution in [-0.4, -0.2) is 17.0 Å². The van der Waals surface area contributed by atoms with E-state index < -0.39 is 23.7 Å². The first-order chi connectivity index (χ1) is 5.34. The highest BCUT2D eigenvalue weighted by Gasteiger charge is 2.45. The fraction of sp³-hybridized carbons (Fsp3) is 0.875.